The molecule has 3 aromatic rings. The van der Waals surface area contributed by atoms with Gasteiger partial charge in [-0.15, -0.1) is 0 Å². The second-order valence-electron chi connectivity index (χ2n) is 6.81. The molecule has 162 valence electrons. The van der Waals surface area contributed by atoms with Crippen molar-refractivity contribution in [3.63, 3.8) is 0 Å². The summed E-state index contributed by atoms with van der Waals surface area (Å²) in [6, 6.07) is 14.3. The number of nitrogens with two attached hydrogens (primary N) is 1. The first-order chi connectivity index (χ1) is 14.9. The quantitative estimate of drug-likeness (QED) is 0.389. The summed E-state index contributed by atoms with van der Waals surface area (Å²) in [5, 5.41) is 3.81. The largest absolute Gasteiger partial charge is 0.616 e. The topological polar surface area (TPSA) is 113 Å². The van der Waals surface area contributed by atoms with Crippen LogP contribution in [0.15, 0.2) is 48.5 Å². The van der Waals surface area contributed by atoms with Crippen molar-refractivity contribution in [2.75, 3.05) is 30.5 Å². The number of methoxy groups -OCH3 is 1. The molecule has 0 amide bonds. The monoisotopic (exact) mass is 458 g/mol. The van der Waals surface area contributed by atoms with Crippen LogP contribution in [0.25, 0.3) is 11.3 Å². The molecule has 1 heterocycles. The number of nitrogens with one attached hydrogen (secondary N) is 1. The third-order valence-corrected chi connectivity index (χ3v) is 6.35. The van der Waals surface area contributed by atoms with Gasteiger partial charge in [0.2, 0.25) is 5.95 Å². The average Bonchev–Trinajstić information content (AvgIpc) is 2.75. The van der Waals surface area contributed by atoms with Crippen LogP contribution in [-0.2, 0) is 21.7 Å². The number of hydrogen-bond donors (Lipinski definition) is 2. The van der Waals surface area contributed by atoms with Gasteiger partial charge in [0, 0.05) is 22.2 Å². The molecule has 0 radical (unpaired) electrons. The van der Waals surface area contributed by atoms with E-state index in [2.05, 4.69) is 20.0 Å². The zero-order chi connectivity index (χ0) is 22.4. The van der Waals surface area contributed by atoms with Crippen LogP contribution in [0.3, 0.4) is 0 Å². The highest BCUT2D eigenvalue weighted by Crippen LogP contribution is 2.28. The van der Waals surface area contributed by atoms with E-state index in [4.69, 9.17) is 17.3 Å². The van der Waals surface area contributed by atoms with Crippen molar-refractivity contribution in [1.82, 2.24) is 9.97 Å². The minimum absolute atomic E-state index is 0.145. The summed E-state index contributed by atoms with van der Waals surface area (Å²) in [6.45, 7) is 2.38. The van der Waals surface area contributed by atoms with Crippen LogP contribution in [0.2, 0.25) is 5.02 Å². The van der Waals surface area contributed by atoms with Crippen LogP contribution < -0.4 is 11.1 Å². The Morgan fingerprint density at radius 2 is 1.97 bits per heavy atom. The summed E-state index contributed by atoms with van der Waals surface area (Å²) >= 11 is 5.12. The Balaban J connectivity index is 1.58. The van der Waals surface area contributed by atoms with Gasteiger partial charge in [-0.2, -0.15) is 4.98 Å². The van der Waals surface area contributed by atoms with E-state index in [0.717, 1.165) is 16.7 Å². The molecule has 1 unspecified atom stereocenters. The second-order valence-corrected chi connectivity index (χ2v) is 8.80. The van der Waals surface area contributed by atoms with Gasteiger partial charge in [0.05, 0.1) is 24.9 Å². The highest BCUT2D eigenvalue weighted by molar-refractivity contribution is 7.90. The van der Waals surface area contributed by atoms with E-state index in [9.17, 15) is 9.35 Å². The number of hydrogen-bond acceptors (Lipinski definition) is 7. The fraction of sp³-hybridized carbons (Fsp3) is 0.227. The van der Waals surface area contributed by atoms with Gasteiger partial charge in [0.15, 0.2) is 0 Å². The summed E-state index contributed by atoms with van der Waals surface area (Å²) in [5.74, 6) is 1.12. The van der Waals surface area contributed by atoms with Crippen LogP contribution >= 0.6 is 11.6 Å². The first-order valence-electron chi connectivity index (χ1n) is 9.53. The van der Waals surface area contributed by atoms with Crippen LogP contribution in [-0.4, -0.2) is 39.9 Å². The molecular weight excluding hydrogens is 436 g/mol. The van der Waals surface area contributed by atoms with Crippen LogP contribution in [0, 0.1) is 6.92 Å². The predicted octanol–water partition coefficient (Wildman–Crippen LogP) is 3.84. The second kappa shape index (κ2) is 10.5. The lowest BCUT2D eigenvalue weighted by Gasteiger charge is -2.13. The Kier molecular flexibility index (Phi) is 7.73. The van der Waals surface area contributed by atoms with E-state index in [-0.39, 0.29) is 5.95 Å². The van der Waals surface area contributed by atoms with E-state index in [0.29, 0.717) is 40.1 Å². The third-order valence-electron chi connectivity index (χ3n) is 4.63. The zero-order valence-electron chi connectivity index (χ0n) is 17.2. The van der Waals surface area contributed by atoms with Crippen molar-refractivity contribution in [1.29, 1.82) is 0 Å². The SMILES string of the molecule is COC(=O)c1ccc(C[S+]([O-])CCNc2cc(-c3cccc(Cl)c3C)nc(N)n2)cc1. The Morgan fingerprint density at radius 3 is 2.68 bits per heavy atom. The smallest absolute Gasteiger partial charge is 0.337 e. The maximum absolute atomic E-state index is 12.4. The fourth-order valence-corrected chi connectivity index (χ4v) is 4.20. The van der Waals surface area contributed by atoms with Gasteiger partial charge in [-0.05, 0) is 41.9 Å². The molecule has 1 atom stereocenters. The molecule has 2 aromatic carbocycles. The van der Waals surface area contributed by atoms with E-state index in [1.807, 2.05) is 25.1 Å². The number of rotatable bonds is 8. The van der Waals surface area contributed by atoms with Gasteiger partial charge in [-0.1, -0.05) is 35.9 Å². The van der Waals surface area contributed by atoms with Crippen molar-refractivity contribution in [3.05, 3.63) is 70.2 Å². The number of anilines is 2. The van der Waals surface area contributed by atoms with Crippen molar-refractivity contribution in [2.24, 2.45) is 0 Å². The highest BCUT2D eigenvalue weighted by Gasteiger charge is 2.12. The van der Waals surface area contributed by atoms with Crippen molar-refractivity contribution >= 4 is 40.5 Å². The third kappa shape index (κ3) is 6.10. The molecule has 0 aliphatic heterocycles. The maximum atomic E-state index is 12.4. The van der Waals surface area contributed by atoms with Gasteiger partial charge in [0.25, 0.3) is 0 Å². The molecule has 0 saturated heterocycles. The highest BCUT2D eigenvalue weighted by atomic mass is 35.5. The molecule has 0 spiro atoms. The normalized spacial score (nSPS) is 11.7. The first kappa shape index (κ1) is 22.9. The molecule has 0 aliphatic carbocycles. The molecule has 0 fully saturated rings. The summed E-state index contributed by atoms with van der Waals surface area (Å²) in [6.07, 6.45) is 0. The number of nitrogens with zero attached hydrogens (tertiary/aromatic N) is 2. The number of carbonyl (C=O) groups excluding carboxylic acids is 1. The molecule has 9 heteroatoms. The standard InChI is InChI=1S/C22H23ClN4O3S/c1-14-17(4-3-5-18(14)23)19-12-20(27-22(24)26-19)25-10-11-31(29)13-15-6-8-16(9-7-15)21(28)30-2/h3-9,12H,10-11,13H2,1-2H3,(H3,24,25,26,27). The number of esters is 1. The zero-order valence-corrected chi connectivity index (χ0v) is 18.8. The van der Waals surface area contributed by atoms with Gasteiger partial charge < -0.3 is 20.3 Å². The number of nitrogen functional groups attached to an aromatic ring is 1. The van der Waals surface area contributed by atoms with Crippen LogP contribution in [0.4, 0.5) is 11.8 Å². The van der Waals surface area contributed by atoms with Crippen molar-refractivity contribution in [3.8, 4) is 11.3 Å². The predicted molar refractivity (Wildman–Crippen MR) is 125 cm³/mol. The molecular formula is C22H23ClN4O3S. The molecule has 0 aliphatic rings. The first-order valence-corrected chi connectivity index (χ1v) is 11.4. The molecule has 7 nitrogen and oxygen atoms in total. The van der Waals surface area contributed by atoms with Gasteiger partial charge in [-0.25, -0.2) is 9.78 Å². The van der Waals surface area contributed by atoms with Crippen LogP contribution in [0.5, 0.6) is 0 Å². The number of benzene rings is 2. The summed E-state index contributed by atoms with van der Waals surface area (Å²) in [5.41, 5.74) is 9.68. The lowest BCUT2D eigenvalue weighted by atomic mass is 10.1. The molecule has 1 aromatic heterocycles. The van der Waals surface area contributed by atoms with E-state index >= 15 is 0 Å². The number of carbonyl (C=O) groups is 1. The van der Waals surface area contributed by atoms with Gasteiger partial charge in [-0.3, -0.25) is 0 Å². The summed E-state index contributed by atoms with van der Waals surface area (Å²) in [4.78, 5) is 20.0. The van der Waals surface area contributed by atoms with E-state index in [1.165, 1.54) is 7.11 Å². The fourth-order valence-electron chi connectivity index (χ4n) is 2.99. The Morgan fingerprint density at radius 1 is 1.23 bits per heavy atom. The Labute approximate surface area is 189 Å². The number of halogens is 1. The number of ether oxygens (including phenoxy) is 1. The molecule has 0 saturated carbocycles. The van der Waals surface area contributed by atoms with E-state index in [1.54, 1.807) is 30.3 Å². The van der Waals surface area contributed by atoms with E-state index < -0.39 is 17.1 Å². The molecule has 31 heavy (non-hydrogen) atoms. The minimum atomic E-state index is -1.09. The van der Waals surface area contributed by atoms with Crippen molar-refractivity contribution in [2.45, 2.75) is 12.7 Å². The molecule has 3 rings (SSSR count). The lowest BCUT2D eigenvalue weighted by Crippen LogP contribution is -2.18. The van der Waals surface area contributed by atoms with Gasteiger partial charge >= 0.3 is 5.97 Å². The Hall–Kier alpha value is -2.81. The van der Waals surface area contributed by atoms with Crippen LogP contribution in [0.1, 0.15) is 21.5 Å². The Bertz CT molecular complexity index is 1060. The molecule has 3 N–H and O–H groups in total. The summed E-state index contributed by atoms with van der Waals surface area (Å²) < 4.78 is 17.1. The minimum Gasteiger partial charge on any atom is -0.616 e. The number of aromatic nitrogens is 2. The lowest BCUT2D eigenvalue weighted by molar-refractivity contribution is 0.0600. The molecule has 0 bridgehead atoms. The van der Waals surface area contributed by atoms with Crippen molar-refractivity contribution < 1.29 is 14.1 Å². The maximum Gasteiger partial charge on any atom is 0.337 e. The summed E-state index contributed by atoms with van der Waals surface area (Å²) in [7, 11) is 1.34. The average molecular weight is 459 g/mol. The van der Waals surface area contributed by atoms with Gasteiger partial charge in [0.1, 0.15) is 17.3 Å².